The molecule has 0 saturated carbocycles. The van der Waals surface area contributed by atoms with Crippen LogP contribution in [-0.2, 0) is 27.7 Å². The van der Waals surface area contributed by atoms with Gasteiger partial charge in [0.2, 0.25) is 5.91 Å². The van der Waals surface area contributed by atoms with Gasteiger partial charge in [0.05, 0.1) is 6.61 Å². The third-order valence-corrected chi connectivity index (χ3v) is 3.64. The van der Waals surface area contributed by atoms with Gasteiger partial charge in [0.25, 0.3) is 0 Å². The number of carbonyl (C=O) groups is 1. The van der Waals surface area contributed by atoms with E-state index in [4.69, 9.17) is 25.7 Å². The summed E-state index contributed by atoms with van der Waals surface area (Å²) in [4.78, 5) is 46.2. The van der Waals surface area contributed by atoms with E-state index in [-0.39, 0.29) is 0 Å². The second-order valence-electron chi connectivity index (χ2n) is 4.50. The van der Waals surface area contributed by atoms with Gasteiger partial charge in [0.15, 0.2) is 6.29 Å². The van der Waals surface area contributed by atoms with Crippen molar-refractivity contribution in [3.8, 4) is 0 Å². The van der Waals surface area contributed by atoms with E-state index in [0.29, 0.717) is 0 Å². The average Bonchev–Trinajstić information content (AvgIpc) is 2.42. The van der Waals surface area contributed by atoms with Crippen molar-refractivity contribution in [2.45, 2.75) is 37.5 Å². The molecule has 0 aromatic heterocycles. The summed E-state index contributed by atoms with van der Waals surface area (Å²) in [6.07, 6.45) is -7.35. The molecule has 1 aliphatic heterocycles. The van der Waals surface area contributed by atoms with Gasteiger partial charge in [-0.15, -0.1) is 0 Å². The number of ether oxygens (including phenoxy) is 1. The molecular formula is C8H17NO12P2. The SMILES string of the molecule is [2H]CC(=O)N[C@H]1C(OP(=O)(O)O)O[C@H](COP(=O)(O)O)[C@@H](O)[C@@H]1O. The minimum atomic E-state index is -5.16. The highest BCUT2D eigenvalue weighted by atomic mass is 31.2. The number of aliphatic hydroxyl groups excluding tert-OH is 2. The Morgan fingerprint density at radius 2 is 1.83 bits per heavy atom. The molecule has 0 radical (unpaired) electrons. The Bertz CT molecular complexity index is 535. The van der Waals surface area contributed by atoms with Gasteiger partial charge in [-0.1, -0.05) is 0 Å². The second kappa shape index (κ2) is 7.64. The first-order chi connectivity index (χ1) is 10.8. The van der Waals surface area contributed by atoms with E-state index < -0.39 is 65.7 Å². The van der Waals surface area contributed by atoms with Crippen LogP contribution in [0.4, 0.5) is 0 Å². The Hall–Kier alpha value is -0.430. The molecule has 5 atom stereocenters. The summed E-state index contributed by atoms with van der Waals surface area (Å²) in [6.45, 7) is -1.73. The zero-order chi connectivity index (χ0) is 18.7. The summed E-state index contributed by atoms with van der Waals surface area (Å²) in [5.41, 5.74) is 0. The van der Waals surface area contributed by atoms with Crippen molar-refractivity contribution in [1.29, 1.82) is 0 Å². The molecule has 23 heavy (non-hydrogen) atoms. The van der Waals surface area contributed by atoms with Crippen molar-refractivity contribution in [3.63, 3.8) is 0 Å². The highest BCUT2D eigenvalue weighted by molar-refractivity contribution is 7.46. The van der Waals surface area contributed by atoms with Gasteiger partial charge in [-0.05, 0) is 0 Å². The number of aliphatic hydroxyl groups is 2. The van der Waals surface area contributed by atoms with Crippen molar-refractivity contribution in [2.24, 2.45) is 0 Å². The minimum absolute atomic E-state index is 0.785. The number of hydrogen-bond donors (Lipinski definition) is 7. The maximum Gasteiger partial charge on any atom is 0.472 e. The molecule has 0 aromatic rings. The van der Waals surface area contributed by atoms with Crippen LogP contribution in [0, 0.1) is 0 Å². The summed E-state index contributed by atoms with van der Waals surface area (Å²) < 4.78 is 41.8. The van der Waals surface area contributed by atoms with Crippen LogP contribution < -0.4 is 5.32 Å². The lowest BCUT2D eigenvalue weighted by atomic mass is 9.97. The Morgan fingerprint density at radius 1 is 1.22 bits per heavy atom. The van der Waals surface area contributed by atoms with Gasteiger partial charge < -0.3 is 39.8 Å². The number of nitrogens with one attached hydrogen (secondary N) is 1. The number of phosphoric acid groups is 2. The van der Waals surface area contributed by atoms with Crippen molar-refractivity contribution in [2.75, 3.05) is 6.61 Å². The zero-order valence-corrected chi connectivity index (χ0v) is 13.1. The van der Waals surface area contributed by atoms with Crippen LogP contribution in [-0.4, -0.2) is 72.9 Å². The van der Waals surface area contributed by atoms with E-state index in [2.05, 4.69) is 9.05 Å². The molecule has 1 unspecified atom stereocenters. The van der Waals surface area contributed by atoms with Gasteiger partial charge in [-0.25, -0.2) is 9.13 Å². The molecule has 1 amide bonds. The lowest BCUT2D eigenvalue weighted by Crippen LogP contribution is -2.64. The molecule has 7 N–H and O–H groups in total. The summed E-state index contributed by atoms with van der Waals surface area (Å²) in [5, 5.41) is 21.8. The van der Waals surface area contributed by atoms with E-state index in [1.165, 1.54) is 0 Å². The van der Waals surface area contributed by atoms with Crippen LogP contribution in [0.1, 0.15) is 8.27 Å². The van der Waals surface area contributed by atoms with Gasteiger partial charge in [0, 0.05) is 8.27 Å². The summed E-state index contributed by atoms with van der Waals surface area (Å²) >= 11 is 0. The van der Waals surface area contributed by atoms with Crippen molar-refractivity contribution in [1.82, 2.24) is 5.32 Å². The normalized spacial score (nSPS) is 33.1. The fourth-order valence-electron chi connectivity index (χ4n) is 1.80. The van der Waals surface area contributed by atoms with Crippen molar-refractivity contribution in [3.05, 3.63) is 0 Å². The van der Waals surface area contributed by atoms with E-state index in [1.807, 2.05) is 5.32 Å². The third kappa shape index (κ3) is 6.91. The summed E-state index contributed by atoms with van der Waals surface area (Å²) in [6, 6.07) is -1.66. The molecule has 1 fully saturated rings. The molecular weight excluding hydrogens is 364 g/mol. The lowest BCUT2D eigenvalue weighted by molar-refractivity contribution is -0.247. The smallest absolute Gasteiger partial charge is 0.388 e. The molecule has 1 saturated heterocycles. The lowest BCUT2D eigenvalue weighted by Gasteiger charge is -2.42. The van der Waals surface area contributed by atoms with Crippen LogP contribution in [0.5, 0.6) is 0 Å². The van der Waals surface area contributed by atoms with Crippen molar-refractivity contribution >= 4 is 21.6 Å². The zero-order valence-electron chi connectivity index (χ0n) is 12.3. The van der Waals surface area contributed by atoms with Crippen LogP contribution in [0.3, 0.4) is 0 Å². The summed E-state index contributed by atoms with van der Waals surface area (Å²) in [5.74, 6) is -0.959. The average molecular weight is 382 g/mol. The maximum atomic E-state index is 11.3. The van der Waals surface area contributed by atoms with Gasteiger partial charge in [-0.3, -0.25) is 13.8 Å². The predicted octanol–water partition coefficient (Wildman–Crippen LogP) is -2.84. The first-order valence-corrected chi connectivity index (χ1v) is 8.94. The Kier molecular flexibility index (Phi) is 6.28. The molecule has 1 rings (SSSR count). The molecule has 15 heteroatoms. The molecule has 0 aliphatic carbocycles. The highest BCUT2D eigenvalue weighted by Gasteiger charge is 2.48. The number of rotatable bonds is 6. The van der Waals surface area contributed by atoms with Crippen LogP contribution in [0.15, 0.2) is 0 Å². The number of carbonyl (C=O) groups excluding carboxylic acids is 1. The molecule has 0 aromatic carbocycles. The highest BCUT2D eigenvalue weighted by Crippen LogP contribution is 2.41. The molecule has 136 valence electrons. The standard InChI is InChI=1S/C8H17NO12P2/c1-3(10)9-5-7(12)6(11)4(2-19-22(13,14)15)20-8(5)21-23(16,17)18/h4-8,11-12H,2H2,1H3,(H,9,10)(H2,13,14,15)(H2,16,17,18)/t4-,5-,6-,7-,8?/m1/s1/i1D. The van der Waals surface area contributed by atoms with E-state index >= 15 is 0 Å². The third-order valence-electron chi connectivity index (χ3n) is 2.68. The van der Waals surface area contributed by atoms with Gasteiger partial charge >= 0.3 is 15.6 Å². The fourth-order valence-corrected chi connectivity index (χ4v) is 2.60. The molecule has 1 aliphatic rings. The monoisotopic (exact) mass is 382 g/mol. The number of amides is 1. The Labute approximate surface area is 131 Å². The molecule has 0 bridgehead atoms. The maximum absolute atomic E-state index is 11.3. The first kappa shape index (κ1) is 18.9. The summed E-state index contributed by atoms with van der Waals surface area (Å²) in [7, 11) is -10.1. The van der Waals surface area contributed by atoms with E-state index in [9.17, 15) is 24.1 Å². The minimum Gasteiger partial charge on any atom is -0.388 e. The van der Waals surface area contributed by atoms with Crippen LogP contribution in [0.2, 0.25) is 0 Å². The van der Waals surface area contributed by atoms with Gasteiger partial charge in [0.1, 0.15) is 24.4 Å². The quantitative estimate of drug-likeness (QED) is 0.231. The largest absolute Gasteiger partial charge is 0.472 e. The van der Waals surface area contributed by atoms with Crippen LogP contribution >= 0.6 is 15.6 Å². The van der Waals surface area contributed by atoms with E-state index in [0.717, 1.165) is 0 Å². The number of phosphoric ester groups is 2. The number of hydrogen-bond acceptors (Lipinski definition) is 8. The van der Waals surface area contributed by atoms with E-state index in [1.54, 1.807) is 0 Å². The first-order valence-electron chi connectivity index (χ1n) is 6.59. The van der Waals surface area contributed by atoms with Crippen LogP contribution in [0.25, 0.3) is 0 Å². The Morgan fingerprint density at radius 3 is 2.30 bits per heavy atom. The second-order valence-corrected chi connectivity index (χ2v) is 6.93. The molecule has 0 spiro atoms. The topological polar surface area (TPSA) is 212 Å². The Balaban J connectivity index is 2.95. The predicted molar refractivity (Wildman–Crippen MR) is 69.4 cm³/mol. The fraction of sp³-hybridized carbons (Fsp3) is 0.875. The molecule has 13 nitrogen and oxygen atoms in total. The van der Waals surface area contributed by atoms with Crippen molar-refractivity contribution < 1.29 is 58.9 Å². The molecule has 1 heterocycles. The van der Waals surface area contributed by atoms with Gasteiger partial charge in [-0.2, -0.15) is 0 Å².